The monoisotopic (exact) mass is 583 g/mol. The highest BCUT2D eigenvalue weighted by atomic mass is 79.9. The van der Waals surface area contributed by atoms with Gasteiger partial charge in [0, 0.05) is 43.0 Å². The highest BCUT2D eigenvalue weighted by Crippen LogP contribution is 2.58. The molecule has 3 aromatic rings. The van der Waals surface area contributed by atoms with Crippen molar-refractivity contribution in [3.63, 3.8) is 0 Å². The number of anilines is 1. The molecule has 3 heterocycles. The van der Waals surface area contributed by atoms with Crippen molar-refractivity contribution in [3.8, 4) is 11.3 Å². The fourth-order valence-corrected chi connectivity index (χ4v) is 5.49. The summed E-state index contributed by atoms with van der Waals surface area (Å²) < 4.78 is 61.0. The summed E-state index contributed by atoms with van der Waals surface area (Å²) in [7, 11) is 0. The highest BCUT2D eigenvalue weighted by molar-refractivity contribution is 9.10. The Morgan fingerprint density at radius 3 is 2.78 bits per heavy atom. The predicted molar refractivity (Wildman–Crippen MR) is 133 cm³/mol. The lowest BCUT2D eigenvalue weighted by Crippen LogP contribution is -2.35. The SMILES string of the molecule is CC(C)(C)OC(=O)N1CCC2(CC2CNc2ncc(C(F)(F)F)c(-c3c[nH]c4c(Br)c(F)ccc34)n2)C1. The number of carbonyl (C=O) groups is 1. The van der Waals surface area contributed by atoms with Crippen molar-refractivity contribution in [3.05, 3.63) is 40.4 Å². The van der Waals surface area contributed by atoms with Crippen LogP contribution >= 0.6 is 15.9 Å². The minimum atomic E-state index is -4.68. The van der Waals surface area contributed by atoms with Crippen molar-refractivity contribution in [1.82, 2.24) is 19.9 Å². The summed E-state index contributed by atoms with van der Waals surface area (Å²) in [5, 5.41) is 3.49. The second-order valence-electron chi connectivity index (χ2n) is 10.7. The summed E-state index contributed by atoms with van der Waals surface area (Å²) in [5.41, 5.74) is -1.33. The third kappa shape index (κ3) is 4.99. The van der Waals surface area contributed by atoms with Gasteiger partial charge in [0.2, 0.25) is 5.95 Å². The van der Waals surface area contributed by atoms with E-state index < -0.39 is 23.2 Å². The number of hydrogen-bond acceptors (Lipinski definition) is 5. The maximum Gasteiger partial charge on any atom is 0.419 e. The van der Waals surface area contributed by atoms with Gasteiger partial charge in [0.1, 0.15) is 17.0 Å². The number of amides is 1. The van der Waals surface area contributed by atoms with Crippen molar-refractivity contribution < 1.29 is 27.1 Å². The standard InChI is InChI=1S/C25H26BrF4N5O2/c1-23(2,3)37-22(36)35-7-6-24(12-35)8-13(24)9-32-21-33-11-16(25(28,29)30)19(34-21)15-10-31-20-14(15)4-5-17(27)18(20)26/h4-5,10-11,13,31H,6-9,12H2,1-3H3,(H,32,33,34). The van der Waals surface area contributed by atoms with Gasteiger partial charge in [-0.05, 0) is 73.0 Å². The fraction of sp³-hybridized carbons (Fsp3) is 0.480. The number of ether oxygens (including phenoxy) is 1. The number of hydrogen-bond donors (Lipinski definition) is 2. The molecule has 1 aromatic carbocycles. The van der Waals surface area contributed by atoms with Gasteiger partial charge in [0.15, 0.2) is 0 Å². The summed E-state index contributed by atoms with van der Waals surface area (Å²) in [6, 6.07) is 2.60. The summed E-state index contributed by atoms with van der Waals surface area (Å²) in [4.78, 5) is 25.1. The number of H-pyrrole nitrogens is 1. The number of benzene rings is 1. The molecule has 0 bridgehead atoms. The lowest BCUT2D eigenvalue weighted by atomic mass is 10.0. The third-order valence-corrected chi connectivity index (χ3v) is 7.77. The topological polar surface area (TPSA) is 83.1 Å². The van der Waals surface area contributed by atoms with Crippen LogP contribution in [0, 0.1) is 17.2 Å². The molecule has 1 saturated heterocycles. The van der Waals surface area contributed by atoms with E-state index in [1.807, 2.05) is 20.8 Å². The number of halogens is 5. The van der Waals surface area contributed by atoms with E-state index in [1.54, 1.807) is 4.90 Å². The predicted octanol–water partition coefficient (Wildman–Crippen LogP) is 6.60. The van der Waals surface area contributed by atoms with Crippen LogP contribution in [-0.4, -0.2) is 51.2 Å². The first kappa shape index (κ1) is 25.7. The van der Waals surface area contributed by atoms with Crippen LogP contribution in [0.5, 0.6) is 0 Å². The van der Waals surface area contributed by atoms with Crippen molar-refractivity contribution >= 4 is 38.9 Å². The molecule has 1 aliphatic carbocycles. The minimum Gasteiger partial charge on any atom is -0.444 e. The zero-order valence-electron chi connectivity index (χ0n) is 20.5. The molecule has 12 heteroatoms. The van der Waals surface area contributed by atoms with Gasteiger partial charge in [0.05, 0.1) is 15.7 Å². The van der Waals surface area contributed by atoms with Crippen LogP contribution in [-0.2, 0) is 10.9 Å². The zero-order chi connectivity index (χ0) is 26.8. The Morgan fingerprint density at radius 2 is 2.08 bits per heavy atom. The van der Waals surface area contributed by atoms with Gasteiger partial charge in [-0.3, -0.25) is 0 Å². The Morgan fingerprint density at radius 1 is 1.32 bits per heavy atom. The minimum absolute atomic E-state index is 0.0220. The first-order valence-corrected chi connectivity index (χ1v) is 12.7. The molecule has 2 fully saturated rings. The number of nitrogens with one attached hydrogen (secondary N) is 2. The van der Waals surface area contributed by atoms with Gasteiger partial charge in [-0.2, -0.15) is 13.2 Å². The molecule has 5 rings (SSSR count). The van der Waals surface area contributed by atoms with Crippen molar-refractivity contribution in [2.24, 2.45) is 11.3 Å². The first-order valence-electron chi connectivity index (χ1n) is 11.9. The Balaban J connectivity index is 1.33. The van der Waals surface area contributed by atoms with Crippen LogP contribution in [0.4, 0.5) is 28.3 Å². The number of likely N-dealkylation sites (tertiary alicyclic amines) is 1. The molecule has 198 valence electrons. The second kappa shape index (κ2) is 8.85. The van der Waals surface area contributed by atoms with Gasteiger partial charge in [-0.25, -0.2) is 19.2 Å². The summed E-state index contributed by atoms with van der Waals surface area (Å²) in [6.07, 6.45) is -1.11. The van der Waals surface area contributed by atoms with Gasteiger partial charge in [-0.15, -0.1) is 0 Å². The maximum absolute atomic E-state index is 13.9. The molecule has 2 aromatic heterocycles. The third-order valence-electron chi connectivity index (χ3n) is 7.00. The molecule has 2 aliphatic rings. The molecular formula is C25H26BrF4N5O2. The van der Waals surface area contributed by atoms with E-state index >= 15 is 0 Å². The Hall–Kier alpha value is -2.89. The molecule has 2 unspecified atom stereocenters. The fourth-order valence-electron chi connectivity index (χ4n) is 5.03. The smallest absolute Gasteiger partial charge is 0.419 e. The molecular weight excluding hydrogens is 558 g/mol. The Bertz CT molecular complexity index is 1370. The van der Waals surface area contributed by atoms with Gasteiger partial charge in [0.25, 0.3) is 0 Å². The molecule has 1 aliphatic heterocycles. The van der Waals surface area contributed by atoms with E-state index in [9.17, 15) is 22.4 Å². The Kier molecular flexibility index (Phi) is 6.16. The number of fused-ring (bicyclic) bond motifs is 1. The molecule has 1 saturated carbocycles. The van der Waals surface area contributed by atoms with Gasteiger partial charge in [-0.1, -0.05) is 0 Å². The van der Waals surface area contributed by atoms with Crippen molar-refractivity contribution in [2.75, 3.05) is 25.0 Å². The van der Waals surface area contributed by atoms with E-state index in [0.717, 1.165) is 19.0 Å². The van der Waals surface area contributed by atoms with Crippen LogP contribution in [0.1, 0.15) is 39.2 Å². The lowest BCUT2D eigenvalue weighted by molar-refractivity contribution is -0.137. The quantitative estimate of drug-likeness (QED) is 0.338. The van der Waals surface area contributed by atoms with Crippen molar-refractivity contribution in [2.45, 2.75) is 45.4 Å². The van der Waals surface area contributed by atoms with Crippen LogP contribution in [0.15, 0.2) is 29.0 Å². The number of alkyl halides is 3. The van der Waals surface area contributed by atoms with E-state index in [2.05, 4.69) is 36.2 Å². The summed E-state index contributed by atoms with van der Waals surface area (Å²) in [6.45, 7) is 7.15. The normalized spacial score (nSPS) is 21.6. The largest absolute Gasteiger partial charge is 0.444 e. The number of nitrogens with zero attached hydrogens (tertiary/aromatic N) is 3. The van der Waals surface area contributed by atoms with Crippen molar-refractivity contribution in [1.29, 1.82) is 0 Å². The molecule has 0 radical (unpaired) electrons. The number of aromatic amines is 1. The first-order chi connectivity index (χ1) is 17.3. The molecule has 2 N–H and O–H groups in total. The van der Waals surface area contributed by atoms with Gasteiger partial charge < -0.3 is 19.9 Å². The summed E-state index contributed by atoms with van der Waals surface area (Å²) in [5.74, 6) is -0.221. The molecule has 37 heavy (non-hydrogen) atoms. The Labute approximate surface area is 219 Å². The number of aromatic nitrogens is 3. The van der Waals surface area contributed by atoms with Crippen LogP contribution in [0.2, 0.25) is 0 Å². The van der Waals surface area contributed by atoms with Crippen LogP contribution in [0.3, 0.4) is 0 Å². The average Bonchev–Trinajstić information content (AvgIpc) is 3.11. The van der Waals surface area contributed by atoms with E-state index in [1.165, 1.54) is 18.3 Å². The number of rotatable bonds is 4. The second-order valence-corrected chi connectivity index (χ2v) is 11.5. The van der Waals surface area contributed by atoms with Crippen LogP contribution < -0.4 is 5.32 Å². The van der Waals surface area contributed by atoms with Gasteiger partial charge >= 0.3 is 12.3 Å². The van der Waals surface area contributed by atoms with Crippen LogP contribution in [0.25, 0.3) is 22.2 Å². The molecule has 2 atom stereocenters. The van der Waals surface area contributed by atoms with E-state index in [0.29, 0.717) is 30.5 Å². The molecule has 1 spiro atoms. The molecule has 1 amide bonds. The highest BCUT2D eigenvalue weighted by Gasteiger charge is 2.58. The van der Waals surface area contributed by atoms with E-state index in [-0.39, 0.29) is 39.1 Å². The molecule has 7 nitrogen and oxygen atoms in total. The number of carbonyl (C=O) groups excluding carboxylic acids is 1. The summed E-state index contributed by atoms with van der Waals surface area (Å²) >= 11 is 3.14. The average molecular weight is 584 g/mol. The lowest BCUT2D eigenvalue weighted by Gasteiger charge is -2.24. The maximum atomic E-state index is 13.9. The zero-order valence-corrected chi connectivity index (χ0v) is 22.1. The van der Waals surface area contributed by atoms with E-state index in [4.69, 9.17) is 4.74 Å².